The van der Waals surface area contributed by atoms with Gasteiger partial charge in [0.25, 0.3) is 5.91 Å². The van der Waals surface area contributed by atoms with Gasteiger partial charge in [0.05, 0.1) is 19.9 Å². The predicted molar refractivity (Wildman–Crippen MR) is 76.4 cm³/mol. The normalized spacial score (nSPS) is 10.3. The molecule has 17 heavy (non-hydrogen) atoms. The maximum absolute atomic E-state index is 11.9. The number of hydrogen-bond donors (Lipinski definition) is 1. The van der Waals surface area contributed by atoms with Crippen LogP contribution >= 0.6 is 50.5 Å². The molecule has 2 aromatic rings. The van der Waals surface area contributed by atoms with Crippen LogP contribution in [0.1, 0.15) is 9.67 Å². The van der Waals surface area contributed by atoms with Crippen molar-refractivity contribution in [3.05, 3.63) is 49.0 Å². The number of carbonyl (C=O) groups is 1. The quantitative estimate of drug-likeness (QED) is 0.804. The fourth-order valence-corrected chi connectivity index (χ4v) is 2.68. The first kappa shape index (κ1) is 12.9. The van der Waals surface area contributed by atoms with Crippen LogP contribution in [-0.4, -0.2) is 5.91 Å². The van der Waals surface area contributed by atoms with Gasteiger partial charge in [0.2, 0.25) is 0 Å². The first-order valence-electron chi connectivity index (χ1n) is 4.58. The van der Waals surface area contributed by atoms with Gasteiger partial charge in [-0.25, -0.2) is 0 Å². The molecule has 0 aliphatic heterocycles. The van der Waals surface area contributed by atoms with Gasteiger partial charge in [-0.15, -0.1) is 11.3 Å². The molecule has 1 aromatic carbocycles. The van der Waals surface area contributed by atoms with Crippen LogP contribution < -0.4 is 5.32 Å². The number of carbonyl (C=O) groups excluding carboxylic acids is 1. The number of amides is 1. The zero-order chi connectivity index (χ0) is 12.4. The van der Waals surface area contributed by atoms with Gasteiger partial charge in [-0.1, -0.05) is 39.1 Å². The summed E-state index contributed by atoms with van der Waals surface area (Å²) < 4.78 is 1.43. The highest BCUT2D eigenvalue weighted by atomic mass is 79.9. The Morgan fingerprint density at radius 3 is 2.65 bits per heavy atom. The largest absolute Gasteiger partial charge is 0.320 e. The van der Waals surface area contributed by atoms with Crippen LogP contribution in [0.25, 0.3) is 0 Å². The van der Waals surface area contributed by atoms with E-state index in [1.165, 1.54) is 11.3 Å². The Bertz CT molecular complexity index is 570. The summed E-state index contributed by atoms with van der Waals surface area (Å²) in [5.74, 6) is -0.220. The molecule has 1 N–H and O–H groups in total. The van der Waals surface area contributed by atoms with Gasteiger partial charge in [-0.3, -0.25) is 4.79 Å². The summed E-state index contributed by atoms with van der Waals surface area (Å²) in [6.07, 6.45) is 0. The monoisotopic (exact) mass is 349 g/mol. The molecule has 0 fully saturated rings. The lowest BCUT2D eigenvalue weighted by Crippen LogP contribution is -2.10. The Kier molecular flexibility index (Phi) is 4.09. The van der Waals surface area contributed by atoms with Crippen molar-refractivity contribution in [1.29, 1.82) is 0 Å². The van der Waals surface area contributed by atoms with Crippen molar-refractivity contribution < 1.29 is 4.79 Å². The third kappa shape index (κ3) is 3.22. The molecule has 0 bridgehead atoms. The van der Waals surface area contributed by atoms with E-state index in [1.807, 2.05) is 0 Å². The van der Waals surface area contributed by atoms with Crippen molar-refractivity contribution in [2.24, 2.45) is 0 Å². The standard InChI is InChI=1S/C11H6BrCl2NOS/c12-6-1-2-7(13)8(5-6)15-11(16)9-3-4-10(14)17-9/h1-5H,(H,15,16). The van der Waals surface area contributed by atoms with Crippen LogP contribution in [0.2, 0.25) is 9.36 Å². The zero-order valence-electron chi connectivity index (χ0n) is 8.34. The molecule has 0 saturated carbocycles. The van der Waals surface area contributed by atoms with Crippen molar-refractivity contribution in [2.75, 3.05) is 5.32 Å². The average molecular weight is 351 g/mol. The lowest BCUT2D eigenvalue weighted by atomic mass is 10.3. The number of nitrogens with one attached hydrogen (secondary N) is 1. The Morgan fingerprint density at radius 2 is 2.00 bits per heavy atom. The van der Waals surface area contributed by atoms with Gasteiger partial charge in [-0.2, -0.15) is 0 Å². The van der Waals surface area contributed by atoms with Crippen molar-refractivity contribution in [3.63, 3.8) is 0 Å². The van der Waals surface area contributed by atoms with Crippen LogP contribution in [0.15, 0.2) is 34.8 Å². The molecule has 0 radical (unpaired) electrons. The Morgan fingerprint density at radius 1 is 1.24 bits per heavy atom. The summed E-state index contributed by atoms with van der Waals surface area (Å²) in [6, 6.07) is 8.62. The van der Waals surface area contributed by atoms with Crippen molar-refractivity contribution in [2.45, 2.75) is 0 Å². The molecule has 0 aliphatic carbocycles. The minimum atomic E-state index is -0.220. The smallest absolute Gasteiger partial charge is 0.265 e. The molecule has 1 amide bonds. The first-order valence-corrected chi connectivity index (χ1v) is 6.94. The van der Waals surface area contributed by atoms with Gasteiger partial charge >= 0.3 is 0 Å². The van der Waals surface area contributed by atoms with Crippen LogP contribution in [0.3, 0.4) is 0 Å². The second-order valence-electron chi connectivity index (χ2n) is 3.18. The molecule has 1 aromatic heterocycles. The fourth-order valence-electron chi connectivity index (χ4n) is 1.21. The summed E-state index contributed by atoms with van der Waals surface area (Å²) in [7, 11) is 0. The van der Waals surface area contributed by atoms with Crippen molar-refractivity contribution in [1.82, 2.24) is 0 Å². The predicted octanol–water partition coefficient (Wildman–Crippen LogP) is 5.07. The summed E-state index contributed by atoms with van der Waals surface area (Å²) in [5, 5.41) is 3.22. The summed E-state index contributed by atoms with van der Waals surface area (Å²) in [5.41, 5.74) is 0.565. The van der Waals surface area contributed by atoms with Crippen molar-refractivity contribution >= 4 is 62.1 Å². The summed E-state index contributed by atoms with van der Waals surface area (Å²) >= 11 is 16.3. The highest BCUT2D eigenvalue weighted by Crippen LogP contribution is 2.27. The fraction of sp³-hybridized carbons (Fsp3) is 0. The second kappa shape index (κ2) is 5.40. The molecule has 2 nitrogen and oxygen atoms in total. The van der Waals surface area contributed by atoms with E-state index in [1.54, 1.807) is 30.3 Å². The lowest BCUT2D eigenvalue weighted by Gasteiger charge is -2.06. The highest BCUT2D eigenvalue weighted by Gasteiger charge is 2.10. The topological polar surface area (TPSA) is 29.1 Å². The van der Waals surface area contributed by atoms with Crippen LogP contribution in [-0.2, 0) is 0 Å². The molecule has 0 unspecified atom stereocenters. The van der Waals surface area contributed by atoms with E-state index >= 15 is 0 Å². The molecular formula is C11H6BrCl2NOS. The molecule has 0 aliphatic rings. The molecular weight excluding hydrogens is 345 g/mol. The van der Waals surface area contributed by atoms with E-state index in [4.69, 9.17) is 23.2 Å². The number of rotatable bonds is 2. The number of anilines is 1. The van der Waals surface area contributed by atoms with E-state index in [9.17, 15) is 4.79 Å². The van der Waals surface area contributed by atoms with Gasteiger partial charge in [-0.05, 0) is 30.3 Å². The molecule has 6 heteroatoms. The Balaban J connectivity index is 2.21. The van der Waals surface area contributed by atoms with Crippen LogP contribution in [0.5, 0.6) is 0 Å². The van der Waals surface area contributed by atoms with Gasteiger partial charge in [0, 0.05) is 4.47 Å². The SMILES string of the molecule is O=C(Nc1cc(Br)ccc1Cl)c1ccc(Cl)s1. The van der Waals surface area contributed by atoms with E-state index in [0.29, 0.717) is 19.9 Å². The second-order valence-corrected chi connectivity index (χ2v) is 6.22. The summed E-state index contributed by atoms with van der Waals surface area (Å²) in [4.78, 5) is 12.4. The molecule has 2 rings (SSSR count). The molecule has 1 heterocycles. The Hall–Kier alpha value is -0.550. The Labute approximate surface area is 121 Å². The third-order valence-electron chi connectivity index (χ3n) is 1.97. The molecule has 0 atom stereocenters. The average Bonchev–Trinajstić information content (AvgIpc) is 2.70. The number of benzene rings is 1. The summed E-state index contributed by atoms with van der Waals surface area (Å²) in [6.45, 7) is 0. The van der Waals surface area contributed by atoms with E-state index in [2.05, 4.69) is 21.2 Å². The van der Waals surface area contributed by atoms with E-state index in [0.717, 1.165) is 4.47 Å². The maximum Gasteiger partial charge on any atom is 0.265 e. The minimum absolute atomic E-state index is 0.220. The van der Waals surface area contributed by atoms with Gasteiger partial charge in [0.1, 0.15) is 0 Å². The lowest BCUT2D eigenvalue weighted by molar-refractivity contribution is 0.103. The van der Waals surface area contributed by atoms with Crippen molar-refractivity contribution in [3.8, 4) is 0 Å². The third-order valence-corrected chi connectivity index (χ3v) is 4.03. The number of thiophene rings is 1. The van der Waals surface area contributed by atoms with Crippen LogP contribution in [0.4, 0.5) is 5.69 Å². The number of hydrogen-bond acceptors (Lipinski definition) is 2. The molecule has 0 spiro atoms. The van der Waals surface area contributed by atoms with E-state index < -0.39 is 0 Å². The molecule has 0 saturated heterocycles. The number of halogens is 3. The minimum Gasteiger partial charge on any atom is -0.320 e. The first-order chi connectivity index (χ1) is 8.06. The van der Waals surface area contributed by atoms with Gasteiger partial charge < -0.3 is 5.32 Å². The van der Waals surface area contributed by atoms with Gasteiger partial charge in [0.15, 0.2) is 0 Å². The molecule has 88 valence electrons. The maximum atomic E-state index is 11.9. The van der Waals surface area contributed by atoms with E-state index in [-0.39, 0.29) is 5.91 Å². The highest BCUT2D eigenvalue weighted by molar-refractivity contribution is 9.10. The van der Waals surface area contributed by atoms with Crippen LogP contribution in [0, 0.1) is 0 Å². The zero-order valence-corrected chi connectivity index (χ0v) is 12.3.